The van der Waals surface area contributed by atoms with E-state index >= 15 is 0 Å². The van der Waals surface area contributed by atoms with Crippen molar-refractivity contribution in [3.05, 3.63) is 12.2 Å². The second-order valence-corrected chi connectivity index (χ2v) is 7.95. The van der Waals surface area contributed by atoms with Crippen molar-refractivity contribution in [2.45, 2.75) is 38.8 Å². The van der Waals surface area contributed by atoms with E-state index in [1.54, 1.807) is 6.92 Å². The lowest BCUT2D eigenvalue weighted by molar-refractivity contribution is -0.226. The first-order chi connectivity index (χ1) is 12.1. The van der Waals surface area contributed by atoms with Gasteiger partial charge in [0.25, 0.3) is 0 Å². The number of carbonyl (C=O) groups excluding carboxylic acids is 3. The summed E-state index contributed by atoms with van der Waals surface area (Å²) in [5.41, 5.74) is 0. The monoisotopic (exact) mass is 346 g/mol. The van der Waals surface area contributed by atoms with Crippen LogP contribution in [0.15, 0.2) is 12.2 Å². The van der Waals surface area contributed by atoms with E-state index in [0.29, 0.717) is 13.0 Å². The van der Waals surface area contributed by atoms with Gasteiger partial charge in [-0.05, 0) is 31.6 Å². The van der Waals surface area contributed by atoms with Gasteiger partial charge in [-0.3, -0.25) is 14.4 Å². The van der Waals surface area contributed by atoms with Crippen LogP contribution in [-0.4, -0.2) is 36.7 Å². The van der Waals surface area contributed by atoms with Gasteiger partial charge in [-0.25, -0.2) is 0 Å². The summed E-state index contributed by atoms with van der Waals surface area (Å²) in [6.45, 7) is 2.35. The first kappa shape index (κ1) is 15.7. The summed E-state index contributed by atoms with van der Waals surface area (Å²) in [4.78, 5) is 37.7. The third kappa shape index (κ3) is 2.13. The summed E-state index contributed by atoms with van der Waals surface area (Å²) in [7, 11) is 0. The molecule has 6 nitrogen and oxygen atoms in total. The van der Waals surface area contributed by atoms with Crippen molar-refractivity contribution < 1.29 is 28.6 Å². The molecular formula is C19H22O6. The molecule has 0 amide bonds. The average molecular weight is 346 g/mol. The topological polar surface area (TPSA) is 78.9 Å². The molecule has 25 heavy (non-hydrogen) atoms. The van der Waals surface area contributed by atoms with Crippen LogP contribution in [0.5, 0.6) is 0 Å². The van der Waals surface area contributed by atoms with Crippen LogP contribution in [0.4, 0.5) is 0 Å². The van der Waals surface area contributed by atoms with Gasteiger partial charge < -0.3 is 14.2 Å². The average Bonchev–Trinajstić information content (AvgIpc) is 3.37. The van der Waals surface area contributed by atoms with Crippen LogP contribution in [0.2, 0.25) is 0 Å². The van der Waals surface area contributed by atoms with E-state index in [1.807, 2.05) is 12.2 Å². The Balaban J connectivity index is 1.28. The van der Waals surface area contributed by atoms with Gasteiger partial charge in [-0.1, -0.05) is 12.2 Å². The third-order valence-corrected chi connectivity index (χ3v) is 6.79. The van der Waals surface area contributed by atoms with Crippen molar-refractivity contribution in [2.75, 3.05) is 6.61 Å². The third-order valence-electron chi connectivity index (χ3n) is 6.79. The minimum atomic E-state index is -0.692. The fraction of sp³-hybridized carbons (Fsp3) is 0.737. The summed E-state index contributed by atoms with van der Waals surface area (Å²) >= 11 is 0. The molecule has 0 radical (unpaired) electrons. The Hall–Kier alpha value is -1.53. The van der Waals surface area contributed by atoms with E-state index in [0.717, 1.165) is 12.8 Å². The Bertz CT molecular complexity index is 663. The normalized spacial score (nSPS) is 47.6. The molecule has 1 aliphatic heterocycles. The Labute approximate surface area is 145 Å². The first-order valence-corrected chi connectivity index (χ1v) is 9.29. The van der Waals surface area contributed by atoms with E-state index in [-0.39, 0.29) is 59.3 Å². The van der Waals surface area contributed by atoms with Crippen molar-refractivity contribution in [1.82, 2.24) is 0 Å². The molecule has 4 aliphatic carbocycles. The van der Waals surface area contributed by atoms with Crippen molar-refractivity contribution in [2.24, 2.45) is 41.4 Å². The highest BCUT2D eigenvalue weighted by Crippen LogP contribution is 2.64. The second kappa shape index (κ2) is 5.48. The fourth-order valence-corrected chi connectivity index (χ4v) is 5.92. The number of hydrogen-bond acceptors (Lipinski definition) is 6. The second-order valence-electron chi connectivity index (χ2n) is 7.95. The van der Waals surface area contributed by atoms with Crippen LogP contribution in [0.25, 0.3) is 0 Å². The van der Waals surface area contributed by atoms with E-state index in [4.69, 9.17) is 14.2 Å². The van der Waals surface area contributed by atoms with Gasteiger partial charge in [0.1, 0.15) is 11.6 Å². The van der Waals surface area contributed by atoms with Gasteiger partial charge in [-0.15, -0.1) is 0 Å². The molecule has 1 saturated heterocycles. The van der Waals surface area contributed by atoms with Crippen LogP contribution in [-0.2, 0) is 28.6 Å². The molecule has 5 aliphatic rings. The highest BCUT2D eigenvalue weighted by Gasteiger charge is 2.69. The lowest BCUT2D eigenvalue weighted by Gasteiger charge is -2.33. The maximum atomic E-state index is 12.7. The number of esters is 1. The van der Waals surface area contributed by atoms with Gasteiger partial charge in [0.05, 0.1) is 5.92 Å². The fourth-order valence-electron chi connectivity index (χ4n) is 5.92. The number of Topliss-reactive ketones (excluding diaryl/α,β-unsaturated/α-hetero) is 2. The number of hydrogen-bond donors (Lipinski definition) is 0. The zero-order chi connectivity index (χ0) is 17.3. The van der Waals surface area contributed by atoms with Gasteiger partial charge in [0, 0.05) is 36.7 Å². The maximum Gasteiger partial charge on any atom is 0.311 e. The van der Waals surface area contributed by atoms with Gasteiger partial charge in [0.15, 0.2) is 6.29 Å². The molecule has 4 bridgehead atoms. The van der Waals surface area contributed by atoms with Crippen molar-refractivity contribution in [3.8, 4) is 0 Å². The number of carbonyl (C=O) groups is 3. The van der Waals surface area contributed by atoms with Gasteiger partial charge in [-0.2, -0.15) is 0 Å². The van der Waals surface area contributed by atoms with Crippen LogP contribution >= 0.6 is 0 Å². The van der Waals surface area contributed by atoms with Gasteiger partial charge >= 0.3 is 5.97 Å². The molecular weight excluding hydrogens is 324 g/mol. The van der Waals surface area contributed by atoms with Crippen LogP contribution in [0, 0.1) is 41.4 Å². The number of ether oxygens (including phenoxy) is 3. The summed E-state index contributed by atoms with van der Waals surface area (Å²) in [5.74, 6) is -1.09. The Kier molecular flexibility index (Phi) is 3.44. The zero-order valence-electron chi connectivity index (χ0n) is 14.1. The van der Waals surface area contributed by atoms with Crippen molar-refractivity contribution in [1.29, 1.82) is 0 Å². The van der Waals surface area contributed by atoms with E-state index in [1.165, 1.54) is 0 Å². The largest absolute Gasteiger partial charge is 0.436 e. The minimum Gasteiger partial charge on any atom is -0.436 e. The summed E-state index contributed by atoms with van der Waals surface area (Å²) in [5, 5.41) is 0. The van der Waals surface area contributed by atoms with Crippen LogP contribution in [0.3, 0.4) is 0 Å². The molecule has 0 aromatic carbocycles. The molecule has 9 atom stereocenters. The zero-order valence-corrected chi connectivity index (χ0v) is 14.1. The van der Waals surface area contributed by atoms with Gasteiger partial charge in [0.2, 0.25) is 6.29 Å². The molecule has 0 spiro atoms. The van der Waals surface area contributed by atoms with Crippen LogP contribution in [0.1, 0.15) is 26.2 Å². The lowest BCUT2D eigenvalue weighted by Crippen LogP contribution is -2.37. The highest BCUT2D eigenvalue weighted by molar-refractivity contribution is 6.01. The molecule has 4 fully saturated rings. The molecule has 3 saturated carbocycles. The van der Waals surface area contributed by atoms with Crippen molar-refractivity contribution in [3.63, 3.8) is 0 Å². The standard InChI is InChI=1S/C19H22O6/c1-8(24-13-3-2-6-23-13)25-19(22)12-7-11-14-9-4-5-10(17(9)20)15(14)16(12)18(11)21/h4-5,8-16H,2-3,6-7H2,1H3. The summed E-state index contributed by atoms with van der Waals surface area (Å²) < 4.78 is 16.4. The number of rotatable bonds is 4. The molecule has 9 unspecified atom stereocenters. The first-order valence-electron chi connectivity index (χ1n) is 9.29. The maximum absolute atomic E-state index is 12.7. The molecule has 5 rings (SSSR count). The number of fused-ring (bicyclic) bond motifs is 9. The number of ketones is 2. The number of allylic oxidation sites excluding steroid dienone is 2. The lowest BCUT2D eigenvalue weighted by atomic mass is 9.69. The Morgan fingerprint density at radius 3 is 2.68 bits per heavy atom. The van der Waals surface area contributed by atoms with E-state index in [2.05, 4.69) is 0 Å². The smallest absolute Gasteiger partial charge is 0.311 e. The molecule has 0 aromatic rings. The summed E-state index contributed by atoms with van der Waals surface area (Å²) in [6, 6.07) is 0. The molecule has 0 N–H and O–H groups in total. The summed E-state index contributed by atoms with van der Waals surface area (Å²) in [6.07, 6.45) is 5.15. The predicted molar refractivity (Wildman–Crippen MR) is 83.8 cm³/mol. The SMILES string of the molecule is CC(OC(=O)C1CC2C(=O)C1C1C3C=CC(C3=O)C21)OC1CCCO1. The quantitative estimate of drug-likeness (QED) is 0.332. The van der Waals surface area contributed by atoms with E-state index in [9.17, 15) is 14.4 Å². The molecule has 134 valence electrons. The van der Waals surface area contributed by atoms with E-state index < -0.39 is 12.2 Å². The molecule has 1 heterocycles. The Morgan fingerprint density at radius 1 is 1.20 bits per heavy atom. The van der Waals surface area contributed by atoms with Crippen LogP contribution < -0.4 is 0 Å². The predicted octanol–water partition coefficient (Wildman–Crippen LogP) is 1.48. The molecule has 6 heteroatoms. The molecule has 0 aromatic heterocycles. The van der Waals surface area contributed by atoms with Crippen molar-refractivity contribution >= 4 is 17.5 Å². The minimum absolute atomic E-state index is 0.000639. The Morgan fingerprint density at radius 2 is 1.96 bits per heavy atom. The highest BCUT2D eigenvalue weighted by atomic mass is 16.8.